The number of carbonyl (C=O) groups is 1. The summed E-state index contributed by atoms with van der Waals surface area (Å²) in [6.07, 6.45) is 1.93. The number of carbonyl (C=O) groups excluding carboxylic acids is 1. The van der Waals surface area contributed by atoms with E-state index >= 15 is 0 Å². The van der Waals surface area contributed by atoms with Crippen LogP contribution in [-0.4, -0.2) is 26.8 Å². The molecule has 0 saturated heterocycles. The van der Waals surface area contributed by atoms with Gasteiger partial charge in [-0.3, -0.25) is 14.6 Å². The van der Waals surface area contributed by atoms with Crippen molar-refractivity contribution in [3.63, 3.8) is 0 Å². The maximum absolute atomic E-state index is 13.6. The van der Waals surface area contributed by atoms with E-state index in [4.69, 9.17) is 9.72 Å². The van der Waals surface area contributed by atoms with Crippen LogP contribution < -0.4 is 5.56 Å². The van der Waals surface area contributed by atoms with Crippen LogP contribution in [0.2, 0.25) is 0 Å². The van der Waals surface area contributed by atoms with Crippen molar-refractivity contribution in [2.45, 2.75) is 38.5 Å². The zero-order valence-electron chi connectivity index (χ0n) is 19.2. The maximum atomic E-state index is 13.6. The van der Waals surface area contributed by atoms with E-state index in [-0.39, 0.29) is 25.0 Å². The molecule has 2 aliphatic heterocycles. The summed E-state index contributed by atoms with van der Waals surface area (Å²) in [6.45, 7) is 1.97. The topological polar surface area (TPSA) is 93.8 Å². The summed E-state index contributed by atoms with van der Waals surface area (Å²) in [4.78, 5) is 35.4. The molecule has 0 amide bonds. The van der Waals surface area contributed by atoms with E-state index in [2.05, 4.69) is 4.99 Å². The average Bonchev–Trinajstić information content (AvgIpc) is 3.18. The predicted octanol–water partition coefficient (Wildman–Crippen LogP) is 4.22. The van der Waals surface area contributed by atoms with E-state index in [0.29, 0.717) is 29.1 Å². The van der Waals surface area contributed by atoms with Gasteiger partial charge in [0, 0.05) is 22.7 Å². The first-order chi connectivity index (χ1) is 17.0. The number of pyridine rings is 2. The van der Waals surface area contributed by atoms with E-state index in [0.717, 1.165) is 27.7 Å². The highest BCUT2D eigenvalue weighted by molar-refractivity contribution is 6.03. The van der Waals surface area contributed by atoms with Gasteiger partial charge in [-0.25, -0.2) is 4.98 Å². The highest BCUT2D eigenvalue weighted by Crippen LogP contribution is 2.40. The number of esters is 1. The smallest absolute Gasteiger partial charge is 0.309 e. The number of ether oxygens (including phenoxy) is 1. The fourth-order valence-electron chi connectivity index (χ4n) is 5.06. The van der Waals surface area contributed by atoms with Crippen LogP contribution in [0.25, 0.3) is 22.3 Å². The Bertz CT molecular complexity index is 1590. The second-order valence-electron chi connectivity index (χ2n) is 9.00. The quantitative estimate of drug-likeness (QED) is 0.318. The van der Waals surface area contributed by atoms with Crippen LogP contribution in [0.1, 0.15) is 42.0 Å². The number of para-hydroxylation sites is 2. The fourth-order valence-corrected chi connectivity index (χ4v) is 5.06. The molecule has 0 radical (unpaired) electrons. The van der Waals surface area contributed by atoms with Crippen LogP contribution in [-0.2, 0) is 28.3 Å². The number of benzene rings is 2. The Hall–Kier alpha value is -4.10. The van der Waals surface area contributed by atoms with Gasteiger partial charge >= 0.3 is 5.97 Å². The van der Waals surface area contributed by atoms with Crippen molar-refractivity contribution >= 4 is 28.8 Å². The van der Waals surface area contributed by atoms with Gasteiger partial charge in [-0.15, -0.1) is 0 Å². The highest BCUT2D eigenvalue weighted by atomic mass is 16.5. The predicted molar refractivity (Wildman–Crippen MR) is 133 cm³/mol. The van der Waals surface area contributed by atoms with E-state index in [1.807, 2.05) is 66.9 Å². The molecule has 2 aliphatic rings. The van der Waals surface area contributed by atoms with Gasteiger partial charge in [0.1, 0.15) is 12.2 Å². The number of aromatic nitrogens is 2. The summed E-state index contributed by atoms with van der Waals surface area (Å²) >= 11 is 0. The third-order valence-electron chi connectivity index (χ3n) is 7.00. The molecule has 4 aromatic rings. The fraction of sp³-hybridized carbons (Fsp3) is 0.214. The molecule has 1 atom stereocenters. The lowest BCUT2D eigenvalue weighted by Crippen LogP contribution is -2.32. The molecule has 0 fully saturated rings. The van der Waals surface area contributed by atoms with Gasteiger partial charge in [-0.05, 0) is 36.2 Å². The number of cyclic esters (lactones) is 1. The van der Waals surface area contributed by atoms with Gasteiger partial charge in [-0.1, -0.05) is 43.3 Å². The first-order valence-electron chi connectivity index (χ1n) is 11.6. The van der Waals surface area contributed by atoms with Gasteiger partial charge in [0.05, 0.1) is 41.1 Å². The van der Waals surface area contributed by atoms with Crippen molar-refractivity contribution in [1.29, 1.82) is 0 Å². The maximum Gasteiger partial charge on any atom is 0.309 e. The summed E-state index contributed by atoms with van der Waals surface area (Å²) in [5, 5.41) is 12.3. The van der Waals surface area contributed by atoms with Crippen molar-refractivity contribution in [3.05, 3.63) is 93.3 Å². The monoisotopic (exact) mass is 465 g/mol. The van der Waals surface area contributed by atoms with E-state index in [9.17, 15) is 14.7 Å². The molecule has 2 aromatic heterocycles. The lowest BCUT2D eigenvalue weighted by Gasteiger charge is -2.26. The number of hydrogen-bond donors (Lipinski definition) is 1. The average molecular weight is 466 g/mol. The number of fused-ring (bicyclic) bond motifs is 5. The largest absolute Gasteiger partial charge is 0.460 e. The van der Waals surface area contributed by atoms with E-state index < -0.39 is 11.6 Å². The first-order valence-corrected chi connectivity index (χ1v) is 11.6. The molecule has 0 bridgehead atoms. The standard InChI is InChI=1S/C28H23N3O4/c1-2-28(34)13-25(32)35-16-21-22(28)12-24-26-20(15-31(24)27(21)33)19(14-29-17-8-4-3-5-9-17)18-10-6-7-11-23(18)30-26/h3-12,14,34H,2,13,15-16H2,1H3. The molecule has 0 aliphatic carbocycles. The third kappa shape index (κ3) is 3.39. The Morgan fingerprint density at radius 1 is 1.11 bits per heavy atom. The normalized spacial score (nSPS) is 18.7. The van der Waals surface area contributed by atoms with Crippen molar-refractivity contribution in [2.75, 3.05) is 0 Å². The third-order valence-corrected chi connectivity index (χ3v) is 7.00. The minimum atomic E-state index is -1.46. The molecule has 1 unspecified atom stereocenters. The molecule has 6 rings (SSSR count). The Morgan fingerprint density at radius 3 is 2.69 bits per heavy atom. The molecule has 35 heavy (non-hydrogen) atoms. The SMILES string of the molecule is CCC1(O)CC(=O)OCc2c1cc1n(c2=O)Cc2c-1nc1ccccc1c2C=Nc1ccccc1. The van der Waals surface area contributed by atoms with Crippen LogP contribution in [0, 0.1) is 0 Å². The second kappa shape index (κ2) is 7.99. The lowest BCUT2D eigenvalue weighted by atomic mass is 9.85. The number of nitrogens with zero attached hydrogens (tertiary/aromatic N) is 3. The Kier molecular flexibility index (Phi) is 4.89. The summed E-state index contributed by atoms with van der Waals surface area (Å²) < 4.78 is 6.93. The molecule has 1 N–H and O–H groups in total. The summed E-state index contributed by atoms with van der Waals surface area (Å²) in [7, 11) is 0. The van der Waals surface area contributed by atoms with Gasteiger partial charge < -0.3 is 14.4 Å². The Labute approximate surface area is 201 Å². The molecular formula is C28H23N3O4. The zero-order valence-corrected chi connectivity index (χ0v) is 19.2. The molecule has 7 heteroatoms. The molecule has 7 nitrogen and oxygen atoms in total. The second-order valence-corrected chi connectivity index (χ2v) is 9.00. The number of aliphatic imine (C=N–C) groups is 1. The molecule has 174 valence electrons. The molecule has 4 heterocycles. The summed E-state index contributed by atoms with van der Waals surface area (Å²) in [6, 6.07) is 19.3. The van der Waals surface area contributed by atoms with Gasteiger partial charge in [0.2, 0.25) is 0 Å². The minimum absolute atomic E-state index is 0.149. The van der Waals surface area contributed by atoms with Crippen molar-refractivity contribution in [3.8, 4) is 11.4 Å². The number of rotatable bonds is 3. The number of aliphatic hydroxyl groups is 1. The van der Waals surface area contributed by atoms with Gasteiger partial charge in [0.25, 0.3) is 5.56 Å². The molecular weight excluding hydrogens is 442 g/mol. The molecule has 0 spiro atoms. The molecule has 0 saturated carbocycles. The van der Waals surface area contributed by atoms with Crippen molar-refractivity contribution in [1.82, 2.24) is 9.55 Å². The van der Waals surface area contributed by atoms with Crippen LogP contribution in [0.3, 0.4) is 0 Å². The van der Waals surface area contributed by atoms with Crippen LogP contribution in [0.5, 0.6) is 0 Å². The highest BCUT2D eigenvalue weighted by Gasteiger charge is 2.39. The Balaban J connectivity index is 1.59. The minimum Gasteiger partial charge on any atom is -0.460 e. The lowest BCUT2D eigenvalue weighted by molar-refractivity contribution is -0.149. The molecule has 2 aromatic carbocycles. The van der Waals surface area contributed by atoms with Gasteiger partial charge in [-0.2, -0.15) is 0 Å². The summed E-state index contributed by atoms with van der Waals surface area (Å²) in [5.41, 5.74) is 3.78. The van der Waals surface area contributed by atoms with Crippen LogP contribution >= 0.6 is 0 Å². The van der Waals surface area contributed by atoms with Gasteiger partial charge in [0.15, 0.2) is 0 Å². The van der Waals surface area contributed by atoms with E-state index in [1.54, 1.807) is 11.5 Å². The van der Waals surface area contributed by atoms with Crippen LogP contribution in [0.4, 0.5) is 5.69 Å². The zero-order chi connectivity index (χ0) is 24.2. The summed E-state index contributed by atoms with van der Waals surface area (Å²) in [5.74, 6) is -0.515. The number of hydrogen-bond acceptors (Lipinski definition) is 6. The Morgan fingerprint density at radius 2 is 1.89 bits per heavy atom. The van der Waals surface area contributed by atoms with Crippen LogP contribution in [0.15, 0.2) is 70.5 Å². The first kappa shape index (κ1) is 21.4. The van der Waals surface area contributed by atoms with E-state index in [1.165, 1.54) is 0 Å². The van der Waals surface area contributed by atoms with Crippen molar-refractivity contribution in [2.24, 2.45) is 4.99 Å². The van der Waals surface area contributed by atoms with Crippen molar-refractivity contribution < 1.29 is 14.6 Å².